The van der Waals surface area contributed by atoms with Crippen LogP contribution in [-0.4, -0.2) is 30.7 Å². The van der Waals surface area contributed by atoms with Crippen LogP contribution in [0.25, 0.3) is 11.1 Å². The molecule has 39 heavy (non-hydrogen) atoms. The Kier molecular flexibility index (Phi) is 7.36. The minimum atomic E-state index is -0.658. The fourth-order valence-corrected chi connectivity index (χ4v) is 4.53. The number of amides is 1. The molecule has 0 atom stereocenters. The first kappa shape index (κ1) is 25.7. The van der Waals surface area contributed by atoms with Crippen LogP contribution in [0.2, 0.25) is 0 Å². The molecule has 0 saturated heterocycles. The number of esters is 2. The van der Waals surface area contributed by atoms with E-state index in [9.17, 15) is 14.4 Å². The van der Waals surface area contributed by atoms with E-state index in [4.69, 9.17) is 9.15 Å². The van der Waals surface area contributed by atoms with Gasteiger partial charge >= 0.3 is 11.9 Å². The topological polar surface area (TPSA) is 107 Å². The molecule has 196 valence electrons. The highest BCUT2D eigenvalue weighted by molar-refractivity contribution is 6.07. The van der Waals surface area contributed by atoms with E-state index < -0.39 is 11.9 Å². The zero-order valence-electron chi connectivity index (χ0n) is 21.5. The second-order valence-electron chi connectivity index (χ2n) is 9.06. The van der Waals surface area contributed by atoms with Gasteiger partial charge in [-0.05, 0) is 67.3 Å². The van der Waals surface area contributed by atoms with Gasteiger partial charge in [0.1, 0.15) is 11.5 Å². The van der Waals surface area contributed by atoms with Gasteiger partial charge in [0.05, 0.1) is 18.4 Å². The predicted molar refractivity (Wildman–Crippen MR) is 145 cm³/mol. The Labute approximate surface area is 225 Å². The van der Waals surface area contributed by atoms with E-state index in [1.54, 1.807) is 19.1 Å². The van der Waals surface area contributed by atoms with E-state index in [2.05, 4.69) is 15.3 Å². The Bertz CT molecular complexity index is 1550. The van der Waals surface area contributed by atoms with E-state index in [-0.39, 0.29) is 17.4 Å². The van der Waals surface area contributed by atoms with Crippen LogP contribution in [0.1, 0.15) is 61.0 Å². The number of aryl methyl sites for hydroxylation is 1. The van der Waals surface area contributed by atoms with Gasteiger partial charge in [-0.15, -0.1) is 0 Å². The maximum Gasteiger partial charge on any atom is 0.379 e. The highest BCUT2D eigenvalue weighted by atomic mass is 16.5. The summed E-state index contributed by atoms with van der Waals surface area (Å²) in [4.78, 5) is 37.3. The van der Waals surface area contributed by atoms with Crippen LogP contribution in [0, 0.1) is 6.92 Å². The first-order chi connectivity index (χ1) is 18.9. The molecule has 1 N–H and O–H groups in total. The molecule has 0 unspecified atom stereocenters. The van der Waals surface area contributed by atoms with Crippen LogP contribution in [0.5, 0.6) is 5.75 Å². The van der Waals surface area contributed by atoms with Crippen molar-refractivity contribution in [3.63, 3.8) is 0 Å². The van der Waals surface area contributed by atoms with Crippen molar-refractivity contribution in [1.29, 1.82) is 0 Å². The van der Waals surface area contributed by atoms with Gasteiger partial charge in [0, 0.05) is 23.1 Å². The summed E-state index contributed by atoms with van der Waals surface area (Å²) in [5.74, 6) is -0.493. The number of rotatable bonds is 6. The van der Waals surface area contributed by atoms with E-state index in [1.807, 2.05) is 42.5 Å². The quantitative estimate of drug-likeness (QED) is 0.197. The number of furan rings is 1. The summed E-state index contributed by atoms with van der Waals surface area (Å²) in [6, 6.07) is 23.3. The molecule has 4 aromatic rings. The number of hydrazone groups is 1. The average molecular weight is 523 g/mol. The van der Waals surface area contributed by atoms with Crippen molar-refractivity contribution in [2.75, 3.05) is 7.11 Å². The highest BCUT2D eigenvalue weighted by Crippen LogP contribution is 2.31. The fourth-order valence-electron chi connectivity index (χ4n) is 4.53. The SMILES string of the molecule is COC(=O)c1ccc(OC(=O)c2oc3c(c2C)/C(=N/NC(=O)c2ccc(-c4ccccc4)cc2)CCC3)cc1. The molecule has 5 rings (SSSR count). The maximum atomic E-state index is 12.9. The lowest BCUT2D eigenvalue weighted by molar-refractivity contribution is 0.0600. The Morgan fingerprint density at radius 2 is 1.49 bits per heavy atom. The number of fused-ring (bicyclic) bond motifs is 1. The van der Waals surface area contributed by atoms with Crippen LogP contribution in [-0.2, 0) is 11.2 Å². The number of nitrogens with one attached hydrogen (secondary N) is 1. The summed E-state index contributed by atoms with van der Waals surface area (Å²) < 4.78 is 16.0. The molecule has 3 aromatic carbocycles. The lowest BCUT2D eigenvalue weighted by Gasteiger charge is -2.13. The molecule has 0 radical (unpaired) electrons. The van der Waals surface area contributed by atoms with Crippen molar-refractivity contribution in [3.8, 4) is 16.9 Å². The Hall–Kier alpha value is -4.98. The summed E-state index contributed by atoms with van der Waals surface area (Å²) in [6.07, 6.45) is 2.04. The molecular weight excluding hydrogens is 496 g/mol. The number of methoxy groups -OCH3 is 1. The van der Waals surface area contributed by atoms with Gasteiger partial charge in [-0.3, -0.25) is 4.79 Å². The number of carbonyl (C=O) groups is 3. The molecule has 0 fully saturated rings. The van der Waals surface area contributed by atoms with E-state index in [1.165, 1.54) is 31.4 Å². The molecule has 0 bridgehead atoms. The van der Waals surface area contributed by atoms with Crippen molar-refractivity contribution in [2.45, 2.75) is 26.2 Å². The Morgan fingerprint density at radius 1 is 0.821 bits per heavy atom. The number of hydrogen-bond acceptors (Lipinski definition) is 7. The molecule has 1 amide bonds. The van der Waals surface area contributed by atoms with E-state index in [0.29, 0.717) is 46.6 Å². The summed E-state index contributed by atoms with van der Waals surface area (Å²) in [5.41, 5.74) is 7.53. The lowest BCUT2D eigenvalue weighted by atomic mass is 9.93. The van der Waals surface area contributed by atoms with Gasteiger partial charge in [-0.25, -0.2) is 15.0 Å². The van der Waals surface area contributed by atoms with Crippen molar-refractivity contribution >= 4 is 23.6 Å². The highest BCUT2D eigenvalue weighted by Gasteiger charge is 2.29. The minimum absolute atomic E-state index is 0.0782. The van der Waals surface area contributed by atoms with Gasteiger partial charge in [0.15, 0.2) is 0 Å². The van der Waals surface area contributed by atoms with Crippen molar-refractivity contribution < 1.29 is 28.3 Å². The lowest BCUT2D eigenvalue weighted by Crippen LogP contribution is -2.22. The van der Waals surface area contributed by atoms with Crippen LogP contribution in [0.3, 0.4) is 0 Å². The standard InChI is InChI=1S/C31H26N2O6/c1-19-27-25(32-33-29(34)22-13-11-21(12-14-22)20-7-4-3-5-8-20)9-6-10-26(27)39-28(19)31(36)38-24-17-15-23(16-18-24)30(35)37-2/h3-5,7-8,11-18H,6,9-10H2,1-2H3,(H,33,34)/b32-25+. The summed E-state index contributed by atoms with van der Waals surface area (Å²) in [5, 5.41) is 4.39. The second-order valence-corrected chi connectivity index (χ2v) is 9.06. The molecule has 1 aromatic heterocycles. The van der Waals surface area contributed by atoms with Gasteiger partial charge in [0.2, 0.25) is 5.76 Å². The molecule has 1 aliphatic rings. The van der Waals surface area contributed by atoms with Crippen LogP contribution >= 0.6 is 0 Å². The van der Waals surface area contributed by atoms with E-state index in [0.717, 1.165) is 17.5 Å². The predicted octanol–water partition coefficient (Wildman–Crippen LogP) is 5.73. The van der Waals surface area contributed by atoms with Gasteiger partial charge < -0.3 is 13.9 Å². The Morgan fingerprint density at radius 3 is 2.18 bits per heavy atom. The third kappa shape index (κ3) is 5.50. The summed E-state index contributed by atoms with van der Waals surface area (Å²) >= 11 is 0. The minimum Gasteiger partial charge on any atom is -0.465 e. The number of nitrogens with zero attached hydrogens (tertiary/aromatic N) is 1. The van der Waals surface area contributed by atoms with Crippen LogP contribution in [0.15, 0.2) is 88.4 Å². The summed E-state index contributed by atoms with van der Waals surface area (Å²) in [7, 11) is 1.30. The normalized spacial score (nSPS) is 13.4. The molecule has 0 saturated carbocycles. The fraction of sp³-hybridized carbons (Fsp3) is 0.161. The molecular formula is C31H26N2O6. The molecule has 1 heterocycles. The maximum absolute atomic E-state index is 12.9. The van der Waals surface area contributed by atoms with E-state index >= 15 is 0 Å². The van der Waals surface area contributed by atoms with Crippen molar-refractivity contribution in [2.24, 2.45) is 5.10 Å². The largest absolute Gasteiger partial charge is 0.465 e. The zero-order valence-corrected chi connectivity index (χ0v) is 21.5. The molecule has 0 aliphatic heterocycles. The summed E-state index contributed by atoms with van der Waals surface area (Å²) in [6.45, 7) is 1.77. The monoisotopic (exact) mass is 522 g/mol. The third-order valence-corrected chi connectivity index (χ3v) is 6.54. The number of hydrogen-bond donors (Lipinski definition) is 1. The second kappa shape index (κ2) is 11.2. The average Bonchev–Trinajstić information content (AvgIpc) is 3.33. The zero-order chi connectivity index (χ0) is 27.4. The van der Waals surface area contributed by atoms with Gasteiger partial charge in [-0.2, -0.15) is 5.10 Å². The number of benzene rings is 3. The number of ether oxygens (including phenoxy) is 2. The first-order valence-electron chi connectivity index (χ1n) is 12.5. The Balaban J connectivity index is 1.30. The smallest absolute Gasteiger partial charge is 0.379 e. The molecule has 0 spiro atoms. The van der Waals surface area contributed by atoms with Crippen LogP contribution in [0.4, 0.5) is 0 Å². The van der Waals surface area contributed by atoms with Crippen molar-refractivity contribution in [3.05, 3.63) is 113 Å². The van der Waals surface area contributed by atoms with Gasteiger partial charge in [-0.1, -0.05) is 42.5 Å². The third-order valence-electron chi connectivity index (χ3n) is 6.54. The molecule has 8 heteroatoms. The van der Waals surface area contributed by atoms with Gasteiger partial charge in [0.25, 0.3) is 5.91 Å². The molecule has 8 nitrogen and oxygen atoms in total. The van der Waals surface area contributed by atoms with Crippen molar-refractivity contribution in [1.82, 2.24) is 5.43 Å². The number of carbonyl (C=O) groups excluding carboxylic acids is 3. The first-order valence-corrected chi connectivity index (χ1v) is 12.5. The van der Waals surface area contributed by atoms with Crippen LogP contribution < -0.4 is 10.2 Å². The molecule has 1 aliphatic carbocycles.